The Kier molecular flexibility index (Phi) is 3.69. The largest absolute Gasteiger partial charge is 0.377 e. The summed E-state index contributed by atoms with van der Waals surface area (Å²) >= 11 is 0. The fourth-order valence-electron chi connectivity index (χ4n) is 2.71. The molecule has 1 amide bonds. The van der Waals surface area contributed by atoms with Crippen LogP contribution >= 0.6 is 0 Å². The molecule has 0 saturated carbocycles. The number of primary amides is 1. The molecule has 0 spiro atoms. The molecule has 2 aromatic rings. The Bertz CT molecular complexity index is 902. The molecular weight excluding hydrogens is 312 g/mol. The molecule has 1 aliphatic heterocycles. The van der Waals surface area contributed by atoms with E-state index in [0.29, 0.717) is 5.56 Å². The van der Waals surface area contributed by atoms with Crippen LogP contribution in [0.15, 0.2) is 64.4 Å². The number of carbonyl (C=O) groups is 1. The van der Waals surface area contributed by atoms with Gasteiger partial charge in [-0.1, -0.05) is 48.5 Å². The van der Waals surface area contributed by atoms with Gasteiger partial charge in [0, 0.05) is 11.6 Å². The fraction of sp³-hybridized carbons (Fsp3) is 0.118. The molecule has 2 aromatic carbocycles. The Hall–Kier alpha value is -2.60. The summed E-state index contributed by atoms with van der Waals surface area (Å²) in [6, 6.07) is 15.9. The SMILES string of the molecule is C[C@@H](NC1=C(C(N)=O)S(=O)(=O)c2ccccc21)c1ccccc1. The second-order valence-electron chi connectivity index (χ2n) is 5.34. The van der Waals surface area contributed by atoms with Crippen LogP contribution in [0.2, 0.25) is 0 Å². The highest BCUT2D eigenvalue weighted by atomic mass is 32.2. The van der Waals surface area contributed by atoms with Gasteiger partial charge < -0.3 is 11.1 Å². The maximum Gasteiger partial charge on any atom is 0.262 e. The van der Waals surface area contributed by atoms with Crippen molar-refractivity contribution in [2.24, 2.45) is 5.73 Å². The lowest BCUT2D eigenvalue weighted by Crippen LogP contribution is -2.24. The summed E-state index contributed by atoms with van der Waals surface area (Å²) in [6.45, 7) is 1.90. The van der Waals surface area contributed by atoms with E-state index in [1.54, 1.807) is 18.2 Å². The first-order chi connectivity index (χ1) is 10.9. The van der Waals surface area contributed by atoms with Crippen LogP contribution in [0, 0.1) is 0 Å². The summed E-state index contributed by atoms with van der Waals surface area (Å²) in [5.74, 6) is -0.955. The summed E-state index contributed by atoms with van der Waals surface area (Å²) in [5, 5.41) is 3.14. The molecule has 0 bridgehead atoms. The molecule has 1 atom stereocenters. The van der Waals surface area contributed by atoms with Crippen molar-refractivity contribution in [1.82, 2.24) is 5.32 Å². The molecule has 0 radical (unpaired) electrons. The molecule has 6 heteroatoms. The molecular formula is C17H16N2O3S. The van der Waals surface area contributed by atoms with Crippen LogP contribution in [0.1, 0.15) is 24.1 Å². The van der Waals surface area contributed by atoms with Crippen LogP contribution in [0.25, 0.3) is 5.70 Å². The monoisotopic (exact) mass is 328 g/mol. The second-order valence-corrected chi connectivity index (χ2v) is 7.20. The number of hydrogen-bond acceptors (Lipinski definition) is 4. The molecule has 0 aromatic heterocycles. The quantitative estimate of drug-likeness (QED) is 0.898. The smallest absolute Gasteiger partial charge is 0.262 e. The highest BCUT2D eigenvalue weighted by Crippen LogP contribution is 2.38. The predicted octanol–water partition coefficient (Wildman–Crippen LogP) is 1.98. The zero-order valence-corrected chi connectivity index (χ0v) is 13.3. The number of benzene rings is 2. The lowest BCUT2D eigenvalue weighted by atomic mass is 10.1. The zero-order chi connectivity index (χ0) is 16.6. The summed E-state index contributed by atoms with van der Waals surface area (Å²) in [4.78, 5) is 11.5. The van der Waals surface area contributed by atoms with Gasteiger partial charge in [-0.05, 0) is 18.6 Å². The zero-order valence-electron chi connectivity index (χ0n) is 12.5. The van der Waals surface area contributed by atoms with Crippen molar-refractivity contribution < 1.29 is 13.2 Å². The first kappa shape index (κ1) is 15.3. The Morgan fingerprint density at radius 2 is 1.65 bits per heavy atom. The number of sulfone groups is 1. The predicted molar refractivity (Wildman–Crippen MR) is 87.7 cm³/mol. The minimum absolute atomic E-state index is 0.108. The molecule has 0 unspecified atom stereocenters. The summed E-state index contributed by atoms with van der Waals surface area (Å²) in [6.07, 6.45) is 0. The summed E-state index contributed by atoms with van der Waals surface area (Å²) in [7, 11) is -3.88. The van der Waals surface area contributed by atoms with Crippen LogP contribution in [-0.4, -0.2) is 14.3 Å². The number of amides is 1. The van der Waals surface area contributed by atoms with Crippen molar-refractivity contribution in [2.75, 3.05) is 0 Å². The van der Waals surface area contributed by atoms with Crippen LogP contribution in [-0.2, 0) is 14.6 Å². The highest BCUT2D eigenvalue weighted by molar-refractivity contribution is 7.97. The van der Waals surface area contributed by atoms with E-state index >= 15 is 0 Å². The summed E-state index contributed by atoms with van der Waals surface area (Å²) < 4.78 is 25.1. The van der Waals surface area contributed by atoms with Crippen molar-refractivity contribution in [3.63, 3.8) is 0 Å². The number of nitrogens with one attached hydrogen (secondary N) is 1. The van der Waals surface area contributed by atoms with Crippen LogP contribution < -0.4 is 11.1 Å². The average molecular weight is 328 g/mol. The second kappa shape index (κ2) is 5.55. The Morgan fingerprint density at radius 1 is 1.04 bits per heavy atom. The van der Waals surface area contributed by atoms with Crippen molar-refractivity contribution in [1.29, 1.82) is 0 Å². The van der Waals surface area contributed by atoms with Gasteiger partial charge in [-0.3, -0.25) is 4.79 Å². The third kappa shape index (κ3) is 2.51. The van der Waals surface area contributed by atoms with E-state index in [4.69, 9.17) is 5.73 Å². The number of carbonyl (C=O) groups excluding carboxylic acids is 1. The van der Waals surface area contributed by atoms with Gasteiger partial charge in [0.15, 0.2) is 4.91 Å². The fourth-order valence-corrected chi connectivity index (χ4v) is 4.35. The molecule has 23 heavy (non-hydrogen) atoms. The molecule has 0 fully saturated rings. The first-order valence-corrected chi connectivity index (χ1v) is 8.61. The van der Waals surface area contributed by atoms with Crippen molar-refractivity contribution in [3.8, 4) is 0 Å². The van der Waals surface area contributed by atoms with E-state index in [-0.39, 0.29) is 21.5 Å². The van der Waals surface area contributed by atoms with Crippen molar-refractivity contribution >= 4 is 21.4 Å². The Morgan fingerprint density at radius 3 is 2.30 bits per heavy atom. The average Bonchev–Trinajstić information content (AvgIpc) is 2.76. The topological polar surface area (TPSA) is 89.3 Å². The van der Waals surface area contributed by atoms with Gasteiger partial charge in [-0.2, -0.15) is 0 Å². The maximum atomic E-state index is 12.6. The van der Waals surface area contributed by atoms with Gasteiger partial charge in [0.1, 0.15) is 0 Å². The van der Waals surface area contributed by atoms with E-state index in [0.717, 1.165) is 5.56 Å². The van der Waals surface area contributed by atoms with Gasteiger partial charge in [0.05, 0.1) is 10.6 Å². The number of nitrogens with two attached hydrogens (primary N) is 1. The van der Waals surface area contributed by atoms with Crippen molar-refractivity contribution in [2.45, 2.75) is 17.9 Å². The van der Waals surface area contributed by atoms with Crippen LogP contribution in [0.5, 0.6) is 0 Å². The van der Waals surface area contributed by atoms with Gasteiger partial charge in [0.2, 0.25) is 9.84 Å². The molecule has 3 N–H and O–H groups in total. The number of fused-ring (bicyclic) bond motifs is 1. The van der Waals surface area contributed by atoms with E-state index in [9.17, 15) is 13.2 Å². The molecule has 3 rings (SSSR count). The molecule has 1 heterocycles. The molecule has 5 nitrogen and oxygen atoms in total. The maximum absolute atomic E-state index is 12.6. The minimum atomic E-state index is -3.88. The van der Waals surface area contributed by atoms with E-state index in [1.807, 2.05) is 37.3 Å². The van der Waals surface area contributed by atoms with Crippen molar-refractivity contribution in [3.05, 3.63) is 70.6 Å². The number of rotatable bonds is 4. The van der Waals surface area contributed by atoms with Crippen LogP contribution in [0.3, 0.4) is 0 Å². The molecule has 1 aliphatic rings. The van der Waals surface area contributed by atoms with E-state index in [2.05, 4.69) is 5.32 Å². The van der Waals surface area contributed by atoms with Gasteiger partial charge in [-0.15, -0.1) is 0 Å². The van der Waals surface area contributed by atoms with Gasteiger partial charge in [0.25, 0.3) is 5.91 Å². The van der Waals surface area contributed by atoms with Gasteiger partial charge in [-0.25, -0.2) is 8.42 Å². The molecule has 0 saturated heterocycles. The number of hydrogen-bond donors (Lipinski definition) is 2. The Balaban J connectivity index is 2.11. The molecule has 118 valence electrons. The lowest BCUT2D eigenvalue weighted by molar-refractivity contribution is -0.113. The highest BCUT2D eigenvalue weighted by Gasteiger charge is 2.39. The first-order valence-electron chi connectivity index (χ1n) is 7.13. The third-order valence-corrected chi connectivity index (χ3v) is 5.70. The summed E-state index contributed by atoms with van der Waals surface area (Å²) in [5.41, 5.74) is 7.06. The normalized spacial score (nSPS) is 16.7. The standard InChI is InChI=1S/C17H16N2O3S/c1-11(12-7-3-2-4-8-12)19-15-13-9-5-6-10-14(13)23(21,22)16(15)17(18)20/h2-11,19H,1H3,(H2,18,20)/t11-/m1/s1. The lowest BCUT2D eigenvalue weighted by Gasteiger charge is -2.17. The van der Waals surface area contributed by atoms with Gasteiger partial charge >= 0.3 is 0 Å². The third-order valence-electron chi connectivity index (χ3n) is 3.83. The van der Waals surface area contributed by atoms with Crippen LogP contribution in [0.4, 0.5) is 0 Å². The molecule has 0 aliphatic carbocycles. The van der Waals surface area contributed by atoms with E-state index < -0.39 is 15.7 Å². The van der Waals surface area contributed by atoms with E-state index in [1.165, 1.54) is 6.07 Å². The minimum Gasteiger partial charge on any atom is -0.377 e. The Labute approximate surface area is 134 Å².